The standard InChI is InChI=1S/C18H18F3N3O3/c1-24(17(26)14-5-3-2-4-6-14)11-15(25)22-9-13-7-8-16(23-10-13)27-12-18(19,20)21/h2-8,10H,9,11-12H2,1H3,(H,22,25). The minimum atomic E-state index is -4.43. The van der Waals surface area contributed by atoms with Crippen LogP contribution in [0.2, 0.25) is 0 Å². The van der Waals surface area contributed by atoms with E-state index in [1.54, 1.807) is 30.3 Å². The molecule has 144 valence electrons. The van der Waals surface area contributed by atoms with E-state index in [-0.39, 0.29) is 30.8 Å². The predicted octanol–water partition coefficient (Wildman–Crippen LogP) is 2.41. The molecular weight excluding hydrogens is 363 g/mol. The van der Waals surface area contributed by atoms with Gasteiger partial charge >= 0.3 is 6.18 Å². The van der Waals surface area contributed by atoms with Crippen LogP contribution < -0.4 is 10.1 Å². The topological polar surface area (TPSA) is 71.5 Å². The second-order valence-electron chi connectivity index (χ2n) is 5.71. The molecule has 0 saturated heterocycles. The van der Waals surface area contributed by atoms with Gasteiger partial charge in [0.05, 0.1) is 6.54 Å². The number of carbonyl (C=O) groups is 2. The second kappa shape index (κ2) is 9.02. The van der Waals surface area contributed by atoms with Gasteiger partial charge in [-0.2, -0.15) is 13.2 Å². The Bertz CT molecular complexity index is 765. The number of benzene rings is 1. The molecule has 1 aromatic carbocycles. The van der Waals surface area contributed by atoms with E-state index in [0.29, 0.717) is 11.1 Å². The van der Waals surface area contributed by atoms with Gasteiger partial charge in [-0.15, -0.1) is 0 Å². The molecule has 0 aliphatic carbocycles. The van der Waals surface area contributed by atoms with Crippen LogP contribution in [0, 0.1) is 0 Å². The lowest BCUT2D eigenvalue weighted by atomic mass is 10.2. The van der Waals surface area contributed by atoms with Gasteiger partial charge < -0.3 is 15.0 Å². The van der Waals surface area contributed by atoms with Gasteiger partial charge in [0.1, 0.15) is 0 Å². The first-order valence-electron chi connectivity index (χ1n) is 7.96. The smallest absolute Gasteiger partial charge is 0.422 e. The maximum Gasteiger partial charge on any atom is 0.422 e. The Hall–Kier alpha value is -3.10. The lowest BCUT2D eigenvalue weighted by Crippen LogP contribution is -2.38. The van der Waals surface area contributed by atoms with Crippen LogP contribution in [-0.4, -0.2) is 48.1 Å². The van der Waals surface area contributed by atoms with Crippen molar-refractivity contribution < 1.29 is 27.5 Å². The Balaban J connectivity index is 1.79. The van der Waals surface area contributed by atoms with Gasteiger partial charge in [0.25, 0.3) is 5.91 Å². The van der Waals surface area contributed by atoms with Gasteiger partial charge in [0.15, 0.2) is 6.61 Å². The van der Waals surface area contributed by atoms with E-state index in [9.17, 15) is 22.8 Å². The van der Waals surface area contributed by atoms with Crippen LogP contribution in [0.15, 0.2) is 48.7 Å². The van der Waals surface area contributed by atoms with Crippen molar-refractivity contribution in [2.24, 2.45) is 0 Å². The molecule has 0 saturated carbocycles. The number of ether oxygens (including phenoxy) is 1. The number of hydrogen-bond acceptors (Lipinski definition) is 4. The van der Waals surface area contributed by atoms with Gasteiger partial charge in [-0.05, 0) is 17.7 Å². The summed E-state index contributed by atoms with van der Waals surface area (Å²) in [6, 6.07) is 11.4. The fraction of sp³-hybridized carbons (Fsp3) is 0.278. The molecule has 0 aliphatic heterocycles. The number of likely N-dealkylation sites (N-methyl/N-ethyl adjacent to an activating group) is 1. The maximum atomic E-state index is 12.2. The molecule has 1 aromatic heterocycles. The molecule has 2 rings (SSSR count). The van der Waals surface area contributed by atoms with Crippen LogP contribution in [0.25, 0.3) is 0 Å². The summed E-state index contributed by atoms with van der Waals surface area (Å²) in [4.78, 5) is 29.2. The summed E-state index contributed by atoms with van der Waals surface area (Å²) in [6.45, 7) is -1.43. The van der Waals surface area contributed by atoms with Crippen molar-refractivity contribution in [2.45, 2.75) is 12.7 Å². The Labute approximate surface area is 154 Å². The summed E-state index contributed by atoms with van der Waals surface area (Å²) in [5.41, 5.74) is 1.06. The molecule has 0 radical (unpaired) electrons. The molecule has 9 heteroatoms. The summed E-state index contributed by atoms with van der Waals surface area (Å²) in [7, 11) is 1.52. The molecule has 2 aromatic rings. The Morgan fingerprint density at radius 3 is 2.44 bits per heavy atom. The summed E-state index contributed by atoms with van der Waals surface area (Å²) < 4.78 is 40.7. The fourth-order valence-electron chi connectivity index (χ4n) is 2.10. The Morgan fingerprint density at radius 2 is 1.85 bits per heavy atom. The zero-order valence-electron chi connectivity index (χ0n) is 14.5. The summed E-state index contributed by atoms with van der Waals surface area (Å²) in [6.07, 6.45) is -3.12. The number of carbonyl (C=O) groups excluding carboxylic acids is 2. The summed E-state index contributed by atoms with van der Waals surface area (Å²) in [5.74, 6) is -0.812. The van der Waals surface area contributed by atoms with E-state index >= 15 is 0 Å². The summed E-state index contributed by atoms with van der Waals surface area (Å²) >= 11 is 0. The number of pyridine rings is 1. The fourth-order valence-corrected chi connectivity index (χ4v) is 2.10. The van der Waals surface area contributed by atoms with E-state index in [4.69, 9.17) is 0 Å². The number of halogens is 3. The number of nitrogens with zero attached hydrogens (tertiary/aromatic N) is 2. The van der Waals surface area contributed by atoms with Crippen LogP contribution in [0.1, 0.15) is 15.9 Å². The number of aromatic nitrogens is 1. The second-order valence-corrected chi connectivity index (χ2v) is 5.71. The molecule has 6 nitrogen and oxygen atoms in total. The van der Waals surface area contributed by atoms with Crippen LogP contribution in [-0.2, 0) is 11.3 Å². The molecule has 0 unspecified atom stereocenters. The van der Waals surface area contributed by atoms with Crippen molar-refractivity contribution in [1.29, 1.82) is 0 Å². The number of hydrogen-bond donors (Lipinski definition) is 1. The average molecular weight is 381 g/mol. The van der Waals surface area contributed by atoms with Gasteiger partial charge in [-0.3, -0.25) is 9.59 Å². The normalized spacial score (nSPS) is 11.0. The van der Waals surface area contributed by atoms with Crippen molar-refractivity contribution in [3.05, 3.63) is 59.8 Å². The van der Waals surface area contributed by atoms with Gasteiger partial charge in [0.2, 0.25) is 11.8 Å². The van der Waals surface area contributed by atoms with E-state index in [1.807, 2.05) is 0 Å². The zero-order valence-corrected chi connectivity index (χ0v) is 14.5. The van der Waals surface area contributed by atoms with Crippen LogP contribution in [0.5, 0.6) is 5.88 Å². The van der Waals surface area contributed by atoms with E-state index in [2.05, 4.69) is 15.0 Å². The van der Waals surface area contributed by atoms with E-state index in [0.717, 1.165) is 0 Å². The van der Waals surface area contributed by atoms with Crippen molar-refractivity contribution in [2.75, 3.05) is 20.2 Å². The summed E-state index contributed by atoms with van der Waals surface area (Å²) in [5, 5.41) is 2.62. The molecule has 0 bridgehead atoms. The third-order valence-electron chi connectivity index (χ3n) is 3.42. The average Bonchev–Trinajstić information content (AvgIpc) is 2.65. The van der Waals surface area contributed by atoms with Gasteiger partial charge in [0, 0.05) is 31.4 Å². The highest BCUT2D eigenvalue weighted by molar-refractivity contribution is 5.96. The van der Waals surface area contributed by atoms with E-state index < -0.39 is 12.8 Å². The molecule has 0 fully saturated rings. The first-order valence-corrected chi connectivity index (χ1v) is 7.96. The van der Waals surface area contributed by atoms with E-state index in [1.165, 1.54) is 30.3 Å². The quantitative estimate of drug-likeness (QED) is 0.800. The molecule has 0 aliphatic rings. The Kier molecular flexibility index (Phi) is 6.75. The van der Waals surface area contributed by atoms with Gasteiger partial charge in [-0.1, -0.05) is 24.3 Å². The molecule has 0 spiro atoms. The molecule has 1 N–H and O–H groups in total. The first-order chi connectivity index (χ1) is 12.7. The zero-order chi connectivity index (χ0) is 19.9. The minimum Gasteiger partial charge on any atom is -0.468 e. The van der Waals surface area contributed by atoms with Crippen molar-refractivity contribution in [3.8, 4) is 5.88 Å². The lowest BCUT2D eigenvalue weighted by molar-refractivity contribution is -0.154. The Morgan fingerprint density at radius 1 is 1.15 bits per heavy atom. The molecule has 2 amide bonds. The largest absolute Gasteiger partial charge is 0.468 e. The lowest BCUT2D eigenvalue weighted by Gasteiger charge is -2.17. The molecule has 0 atom stereocenters. The predicted molar refractivity (Wildman–Crippen MR) is 91.0 cm³/mol. The van der Waals surface area contributed by atoms with Crippen molar-refractivity contribution in [1.82, 2.24) is 15.2 Å². The van der Waals surface area contributed by atoms with Crippen LogP contribution in [0.4, 0.5) is 13.2 Å². The number of alkyl halides is 3. The van der Waals surface area contributed by atoms with Crippen LogP contribution >= 0.6 is 0 Å². The third kappa shape index (κ3) is 6.96. The number of nitrogens with one attached hydrogen (secondary N) is 1. The highest BCUT2D eigenvalue weighted by Crippen LogP contribution is 2.17. The highest BCUT2D eigenvalue weighted by atomic mass is 19.4. The van der Waals surface area contributed by atoms with Crippen molar-refractivity contribution >= 4 is 11.8 Å². The number of rotatable bonds is 7. The molecule has 27 heavy (non-hydrogen) atoms. The highest BCUT2D eigenvalue weighted by Gasteiger charge is 2.28. The van der Waals surface area contributed by atoms with Crippen molar-refractivity contribution in [3.63, 3.8) is 0 Å². The van der Waals surface area contributed by atoms with Gasteiger partial charge in [-0.25, -0.2) is 4.98 Å². The monoisotopic (exact) mass is 381 g/mol. The molecule has 1 heterocycles. The molecular formula is C18H18F3N3O3. The first kappa shape index (κ1) is 20.2. The maximum absolute atomic E-state index is 12.2. The minimum absolute atomic E-state index is 0.124. The number of amides is 2. The third-order valence-corrected chi connectivity index (χ3v) is 3.42. The van der Waals surface area contributed by atoms with Crippen LogP contribution in [0.3, 0.4) is 0 Å². The SMILES string of the molecule is CN(CC(=O)NCc1ccc(OCC(F)(F)F)nc1)C(=O)c1ccccc1.